The van der Waals surface area contributed by atoms with E-state index in [0.29, 0.717) is 21.3 Å². The van der Waals surface area contributed by atoms with Gasteiger partial charge >= 0.3 is 0 Å². The fraction of sp³-hybridized carbons (Fsp3) is 0.294. The number of benzene rings is 1. The zero-order valence-corrected chi connectivity index (χ0v) is 15.8. The van der Waals surface area contributed by atoms with E-state index in [-0.39, 0.29) is 16.6 Å². The molecule has 0 spiro atoms. The molecule has 23 heavy (non-hydrogen) atoms. The van der Waals surface area contributed by atoms with Crippen molar-refractivity contribution < 1.29 is 13.2 Å². The van der Waals surface area contributed by atoms with Crippen molar-refractivity contribution in [3.05, 3.63) is 51.5 Å². The maximum atomic E-state index is 12.5. The van der Waals surface area contributed by atoms with Gasteiger partial charge in [-0.25, -0.2) is 0 Å². The van der Waals surface area contributed by atoms with Crippen LogP contribution in [0.15, 0.2) is 55.3 Å². The Morgan fingerprint density at radius 2 is 1.65 bits per heavy atom. The third kappa shape index (κ3) is 3.70. The molecule has 4 nitrogen and oxygen atoms in total. The number of hydrogen-bond acceptors (Lipinski definition) is 3. The Morgan fingerprint density at radius 1 is 1.09 bits per heavy atom. The molecule has 1 aromatic carbocycles. The van der Waals surface area contributed by atoms with E-state index in [0.717, 1.165) is 5.56 Å². The van der Waals surface area contributed by atoms with E-state index in [4.69, 9.17) is 0 Å². The van der Waals surface area contributed by atoms with Gasteiger partial charge in [0.1, 0.15) is 0 Å². The molecule has 0 aliphatic heterocycles. The molecule has 0 aromatic heterocycles. The van der Waals surface area contributed by atoms with Gasteiger partial charge < -0.3 is 0 Å². The first kappa shape index (κ1) is 17.8. The van der Waals surface area contributed by atoms with Crippen molar-refractivity contribution >= 4 is 37.4 Å². The topological polar surface area (TPSA) is 63.6 Å². The van der Waals surface area contributed by atoms with E-state index in [9.17, 15) is 13.2 Å². The fourth-order valence-electron chi connectivity index (χ4n) is 2.15. The van der Waals surface area contributed by atoms with Crippen LogP contribution in [0.2, 0.25) is 0 Å². The SMILES string of the molecule is CC1=C(Br)C(=O)C(C(C)C)=CC1=NS(=O)(=O)c1ccc(C)cc1. The maximum Gasteiger partial charge on any atom is 0.282 e. The molecule has 1 aliphatic carbocycles. The lowest BCUT2D eigenvalue weighted by Crippen LogP contribution is -2.19. The van der Waals surface area contributed by atoms with Gasteiger partial charge in [0.25, 0.3) is 10.0 Å². The molecule has 0 saturated carbocycles. The van der Waals surface area contributed by atoms with Crippen LogP contribution in [0.1, 0.15) is 26.3 Å². The zero-order valence-electron chi connectivity index (χ0n) is 13.4. The van der Waals surface area contributed by atoms with Crippen LogP contribution in [0.5, 0.6) is 0 Å². The number of carbonyl (C=O) groups is 1. The molecule has 0 heterocycles. The van der Waals surface area contributed by atoms with Crippen LogP contribution >= 0.6 is 15.9 Å². The highest BCUT2D eigenvalue weighted by molar-refractivity contribution is 9.12. The summed E-state index contributed by atoms with van der Waals surface area (Å²) in [7, 11) is -3.82. The molecule has 1 aliphatic rings. The van der Waals surface area contributed by atoms with Crippen molar-refractivity contribution in [2.75, 3.05) is 0 Å². The lowest BCUT2D eigenvalue weighted by Gasteiger charge is -2.18. The molecule has 0 amide bonds. The summed E-state index contributed by atoms with van der Waals surface area (Å²) in [5.41, 5.74) is 2.33. The van der Waals surface area contributed by atoms with Crippen molar-refractivity contribution in [3.63, 3.8) is 0 Å². The molecule has 2 rings (SSSR count). The number of ketones is 1. The molecule has 1 aromatic rings. The van der Waals surface area contributed by atoms with Gasteiger partial charge in [0, 0.05) is 5.57 Å². The van der Waals surface area contributed by atoms with Gasteiger partial charge in [-0.15, -0.1) is 0 Å². The van der Waals surface area contributed by atoms with Gasteiger partial charge in [-0.05, 0) is 59.5 Å². The first-order chi connectivity index (χ1) is 10.6. The van der Waals surface area contributed by atoms with E-state index < -0.39 is 10.0 Å². The van der Waals surface area contributed by atoms with Crippen LogP contribution in [0.25, 0.3) is 0 Å². The predicted octanol–water partition coefficient (Wildman–Crippen LogP) is 3.96. The van der Waals surface area contributed by atoms with Crippen molar-refractivity contribution in [1.29, 1.82) is 0 Å². The van der Waals surface area contributed by atoms with Crippen LogP contribution in [-0.2, 0) is 14.8 Å². The number of rotatable bonds is 3. The molecule has 6 heteroatoms. The summed E-state index contributed by atoms with van der Waals surface area (Å²) < 4.78 is 29.3. The minimum absolute atomic E-state index is 0.0181. The smallest absolute Gasteiger partial charge is 0.282 e. The number of carbonyl (C=O) groups excluding carboxylic acids is 1. The number of Topliss-reactive ketones (excluding diaryl/α,β-unsaturated/α-hetero) is 1. The minimum Gasteiger partial charge on any atom is -0.288 e. The van der Waals surface area contributed by atoms with Crippen LogP contribution < -0.4 is 0 Å². The molecule has 0 unspecified atom stereocenters. The van der Waals surface area contributed by atoms with Crippen LogP contribution in [0.4, 0.5) is 0 Å². The zero-order chi connectivity index (χ0) is 17.4. The standard InChI is InChI=1S/C17H18BrNO3S/c1-10(2)14-9-15(12(4)16(18)17(14)20)19-23(21,22)13-7-5-11(3)6-8-13/h5-10H,1-4H3. The largest absolute Gasteiger partial charge is 0.288 e. The Morgan fingerprint density at radius 3 is 2.17 bits per heavy atom. The van der Waals surface area contributed by atoms with Crippen LogP contribution in [-0.4, -0.2) is 19.9 Å². The van der Waals surface area contributed by atoms with Gasteiger partial charge in [0.05, 0.1) is 15.1 Å². The Balaban J connectivity index is 2.56. The highest BCUT2D eigenvalue weighted by atomic mass is 79.9. The second kappa shape index (κ2) is 6.53. The Hall–Kier alpha value is -1.53. The maximum absolute atomic E-state index is 12.5. The van der Waals surface area contributed by atoms with Crippen molar-refractivity contribution in [1.82, 2.24) is 0 Å². The van der Waals surface area contributed by atoms with E-state index in [2.05, 4.69) is 20.3 Å². The van der Waals surface area contributed by atoms with Gasteiger partial charge in [0.2, 0.25) is 0 Å². The molecule has 0 fully saturated rings. The second-order valence-corrected chi connectivity index (χ2v) is 8.18. The van der Waals surface area contributed by atoms with Crippen molar-refractivity contribution in [3.8, 4) is 0 Å². The molecule has 0 N–H and O–H groups in total. The summed E-state index contributed by atoms with van der Waals surface area (Å²) >= 11 is 3.26. The Kier molecular flexibility index (Phi) is 5.06. The number of aryl methyl sites for hydroxylation is 1. The summed E-state index contributed by atoms with van der Waals surface area (Å²) in [5.74, 6) is -0.139. The summed E-state index contributed by atoms with van der Waals surface area (Å²) in [6.07, 6.45) is 1.57. The summed E-state index contributed by atoms with van der Waals surface area (Å²) in [4.78, 5) is 12.4. The Labute approximate surface area is 145 Å². The summed E-state index contributed by atoms with van der Waals surface area (Å²) in [6.45, 7) is 7.34. The molecular weight excluding hydrogens is 378 g/mol. The molecule has 0 radical (unpaired) electrons. The van der Waals surface area contributed by atoms with Crippen LogP contribution in [0.3, 0.4) is 0 Å². The summed E-state index contributed by atoms with van der Waals surface area (Å²) in [5, 5.41) is 0. The first-order valence-corrected chi connectivity index (χ1v) is 9.41. The average Bonchev–Trinajstić information content (AvgIpc) is 2.48. The first-order valence-electron chi connectivity index (χ1n) is 7.18. The quantitative estimate of drug-likeness (QED) is 0.727. The van der Waals surface area contributed by atoms with E-state index >= 15 is 0 Å². The van der Waals surface area contributed by atoms with Gasteiger partial charge in [-0.2, -0.15) is 12.8 Å². The molecular formula is C17H18BrNO3S. The number of hydrogen-bond donors (Lipinski definition) is 0. The molecule has 0 atom stereocenters. The highest BCUT2D eigenvalue weighted by Crippen LogP contribution is 2.29. The van der Waals surface area contributed by atoms with Gasteiger partial charge in [-0.3, -0.25) is 4.79 Å². The fourth-order valence-corrected chi connectivity index (χ4v) is 3.61. The molecule has 0 saturated heterocycles. The molecule has 0 bridgehead atoms. The summed E-state index contributed by atoms with van der Waals surface area (Å²) in [6, 6.07) is 6.52. The normalized spacial score (nSPS) is 17.9. The van der Waals surface area contributed by atoms with Gasteiger partial charge in [-0.1, -0.05) is 31.5 Å². The van der Waals surface area contributed by atoms with E-state index in [1.807, 2.05) is 20.8 Å². The van der Waals surface area contributed by atoms with E-state index in [1.165, 1.54) is 12.1 Å². The highest BCUT2D eigenvalue weighted by Gasteiger charge is 2.26. The van der Waals surface area contributed by atoms with E-state index in [1.54, 1.807) is 25.1 Å². The molecule has 122 valence electrons. The minimum atomic E-state index is -3.82. The number of nitrogens with zero attached hydrogens (tertiary/aromatic N) is 1. The van der Waals surface area contributed by atoms with Gasteiger partial charge in [0.15, 0.2) is 5.78 Å². The lowest BCUT2D eigenvalue weighted by molar-refractivity contribution is -0.112. The third-order valence-corrected chi connectivity index (χ3v) is 5.89. The lowest BCUT2D eigenvalue weighted by atomic mass is 9.90. The Bertz CT molecular complexity index is 844. The predicted molar refractivity (Wildman–Crippen MR) is 95.4 cm³/mol. The monoisotopic (exact) mass is 395 g/mol. The van der Waals surface area contributed by atoms with Crippen LogP contribution in [0, 0.1) is 12.8 Å². The number of sulfonamides is 1. The third-order valence-electron chi connectivity index (χ3n) is 3.63. The second-order valence-electron chi connectivity index (χ2n) is 5.79. The van der Waals surface area contributed by atoms with Crippen molar-refractivity contribution in [2.24, 2.45) is 10.3 Å². The van der Waals surface area contributed by atoms with Crippen molar-refractivity contribution in [2.45, 2.75) is 32.6 Å². The number of halogens is 1. The number of allylic oxidation sites excluding steroid dienone is 4. The average molecular weight is 396 g/mol.